The Morgan fingerprint density at radius 2 is 2.00 bits per heavy atom. The average molecular weight is 214 g/mol. The fourth-order valence-corrected chi connectivity index (χ4v) is 1.37. The van der Waals surface area contributed by atoms with Gasteiger partial charge in [-0.3, -0.25) is 9.69 Å². The van der Waals surface area contributed by atoms with E-state index in [2.05, 4.69) is 5.32 Å². The Morgan fingerprint density at radius 3 is 2.33 bits per heavy atom. The van der Waals surface area contributed by atoms with Crippen LogP contribution in [0.5, 0.6) is 0 Å². The van der Waals surface area contributed by atoms with Gasteiger partial charge in [0.2, 0.25) is 5.91 Å². The second-order valence-electron chi connectivity index (χ2n) is 4.59. The van der Waals surface area contributed by atoms with Crippen molar-refractivity contribution in [3.8, 4) is 0 Å². The standard InChI is InChI=1S/C10H18N2O3/c1-10(2,3)15-9(14)12-6-5-7(12)8(13)11-4/h7H,5-6H2,1-4H3,(H,11,13)/t7-/m1/s1. The van der Waals surface area contributed by atoms with Crippen LogP contribution in [0.25, 0.3) is 0 Å². The molecule has 2 amide bonds. The number of hydrogen-bond donors (Lipinski definition) is 1. The predicted octanol–water partition coefficient (Wildman–Crippen LogP) is 0.742. The summed E-state index contributed by atoms with van der Waals surface area (Å²) in [6, 6.07) is -0.357. The van der Waals surface area contributed by atoms with E-state index in [0.29, 0.717) is 13.0 Å². The summed E-state index contributed by atoms with van der Waals surface area (Å²) >= 11 is 0. The number of carbonyl (C=O) groups excluding carboxylic acids is 2. The Kier molecular flexibility index (Phi) is 3.21. The van der Waals surface area contributed by atoms with Crippen LogP contribution in [-0.4, -0.2) is 42.1 Å². The molecule has 5 nitrogen and oxygen atoms in total. The number of likely N-dealkylation sites (tertiary alicyclic amines) is 1. The van der Waals surface area contributed by atoms with E-state index in [-0.39, 0.29) is 11.9 Å². The van der Waals surface area contributed by atoms with E-state index in [1.807, 2.05) is 0 Å². The van der Waals surface area contributed by atoms with Crippen LogP contribution in [0.3, 0.4) is 0 Å². The van der Waals surface area contributed by atoms with E-state index in [0.717, 1.165) is 0 Å². The molecule has 1 heterocycles. The van der Waals surface area contributed by atoms with Crippen LogP contribution in [0.1, 0.15) is 27.2 Å². The molecule has 1 fully saturated rings. The highest BCUT2D eigenvalue weighted by Gasteiger charge is 2.39. The van der Waals surface area contributed by atoms with Crippen molar-refractivity contribution < 1.29 is 14.3 Å². The summed E-state index contributed by atoms with van der Waals surface area (Å²) in [5.41, 5.74) is -0.514. The van der Waals surface area contributed by atoms with Gasteiger partial charge in [-0.15, -0.1) is 0 Å². The van der Waals surface area contributed by atoms with Crippen molar-refractivity contribution in [3.05, 3.63) is 0 Å². The van der Waals surface area contributed by atoms with Crippen LogP contribution < -0.4 is 5.32 Å². The monoisotopic (exact) mass is 214 g/mol. The molecule has 1 aliphatic heterocycles. The van der Waals surface area contributed by atoms with Crippen LogP contribution in [-0.2, 0) is 9.53 Å². The summed E-state index contributed by atoms with van der Waals surface area (Å²) in [7, 11) is 1.56. The SMILES string of the molecule is CNC(=O)[C@H]1CCN1C(=O)OC(C)(C)C. The van der Waals surface area contributed by atoms with Gasteiger partial charge >= 0.3 is 6.09 Å². The molecule has 0 aromatic carbocycles. The highest BCUT2D eigenvalue weighted by Crippen LogP contribution is 2.21. The number of hydrogen-bond acceptors (Lipinski definition) is 3. The predicted molar refractivity (Wildman–Crippen MR) is 55.4 cm³/mol. The number of ether oxygens (including phenoxy) is 1. The van der Waals surface area contributed by atoms with Crippen molar-refractivity contribution in [2.75, 3.05) is 13.6 Å². The van der Waals surface area contributed by atoms with Crippen molar-refractivity contribution in [1.82, 2.24) is 10.2 Å². The van der Waals surface area contributed by atoms with Gasteiger partial charge in [-0.2, -0.15) is 0 Å². The van der Waals surface area contributed by atoms with E-state index in [1.165, 1.54) is 4.90 Å². The average Bonchev–Trinajstić information content (AvgIpc) is 1.97. The van der Waals surface area contributed by atoms with Gasteiger partial charge in [0.1, 0.15) is 11.6 Å². The minimum absolute atomic E-state index is 0.132. The lowest BCUT2D eigenvalue weighted by atomic mass is 10.0. The van der Waals surface area contributed by atoms with Crippen LogP contribution in [0.2, 0.25) is 0 Å². The molecule has 1 atom stereocenters. The molecule has 0 aliphatic carbocycles. The third-order valence-corrected chi connectivity index (χ3v) is 2.20. The Morgan fingerprint density at radius 1 is 1.40 bits per heavy atom. The number of rotatable bonds is 1. The largest absolute Gasteiger partial charge is 0.444 e. The topological polar surface area (TPSA) is 58.6 Å². The lowest BCUT2D eigenvalue weighted by molar-refractivity contribution is -0.130. The lowest BCUT2D eigenvalue weighted by Crippen LogP contribution is -2.58. The van der Waals surface area contributed by atoms with Crippen molar-refractivity contribution >= 4 is 12.0 Å². The highest BCUT2D eigenvalue weighted by atomic mass is 16.6. The number of nitrogens with zero attached hydrogens (tertiary/aromatic N) is 1. The Bertz CT molecular complexity index is 270. The molecule has 15 heavy (non-hydrogen) atoms. The van der Waals surface area contributed by atoms with Gasteiger partial charge in [0.15, 0.2) is 0 Å². The highest BCUT2D eigenvalue weighted by molar-refractivity contribution is 5.87. The molecule has 1 N–H and O–H groups in total. The molecule has 1 saturated heterocycles. The molecular weight excluding hydrogens is 196 g/mol. The maximum absolute atomic E-state index is 11.6. The van der Waals surface area contributed by atoms with Gasteiger partial charge < -0.3 is 10.1 Å². The van der Waals surface area contributed by atoms with E-state index < -0.39 is 11.7 Å². The second kappa shape index (κ2) is 4.08. The van der Waals surface area contributed by atoms with Gasteiger partial charge in [-0.05, 0) is 27.2 Å². The first-order valence-corrected chi connectivity index (χ1v) is 5.06. The molecule has 1 aliphatic rings. The van der Waals surface area contributed by atoms with Crippen molar-refractivity contribution in [3.63, 3.8) is 0 Å². The fourth-order valence-electron chi connectivity index (χ4n) is 1.37. The van der Waals surface area contributed by atoms with Crippen LogP contribution in [0.4, 0.5) is 4.79 Å². The van der Waals surface area contributed by atoms with E-state index in [1.54, 1.807) is 27.8 Å². The second-order valence-corrected chi connectivity index (χ2v) is 4.59. The quantitative estimate of drug-likeness (QED) is 0.700. The summed E-state index contributed by atoms with van der Waals surface area (Å²) in [5, 5.41) is 2.53. The molecule has 0 bridgehead atoms. The minimum atomic E-state index is -0.514. The number of nitrogens with one attached hydrogen (secondary N) is 1. The third-order valence-electron chi connectivity index (χ3n) is 2.20. The normalized spacial score (nSPS) is 20.5. The van der Waals surface area contributed by atoms with Gasteiger partial charge in [0.05, 0.1) is 0 Å². The smallest absolute Gasteiger partial charge is 0.410 e. The molecule has 0 saturated carbocycles. The first-order chi connectivity index (χ1) is 6.85. The molecule has 0 unspecified atom stereocenters. The maximum atomic E-state index is 11.6. The zero-order chi connectivity index (χ0) is 11.6. The number of likely N-dealkylation sites (N-methyl/N-ethyl adjacent to an activating group) is 1. The molecule has 86 valence electrons. The molecule has 0 aromatic heterocycles. The van der Waals surface area contributed by atoms with E-state index in [4.69, 9.17) is 4.74 Å². The van der Waals surface area contributed by atoms with Gasteiger partial charge in [0, 0.05) is 13.6 Å². The summed E-state index contributed by atoms with van der Waals surface area (Å²) < 4.78 is 5.17. The Balaban J connectivity index is 2.51. The molecule has 0 aromatic rings. The molecule has 5 heteroatoms. The summed E-state index contributed by atoms with van der Waals surface area (Å²) in [6.45, 7) is 6.01. The van der Waals surface area contributed by atoms with E-state index in [9.17, 15) is 9.59 Å². The molecule has 1 rings (SSSR count). The van der Waals surface area contributed by atoms with E-state index >= 15 is 0 Å². The first kappa shape index (κ1) is 11.8. The van der Waals surface area contributed by atoms with Crippen molar-refractivity contribution in [2.24, 2.45) is 0 Å². The van der Waals surface area contributed by atoms with Crippen LogP contribution >= 0.6 is 0 Å². The molecular formula is C10H18N2O3. The zero-order valence-electron chi connectivity index (χ0n) is 9.66. The lowest BCUT2D eigenvalue weighted by Gasteiger charge is -2.39. The fraction of sp³-hybridized carbons (Fsp3) is 0.800. The summed E-state index contributed by atoms with van der Waals surface area (Å²) in [5.74, 6) is -0.132. The van der Waals surface area contributed by atoms with Crippen molar-refractivity contribution in [2.45, 2.75) is 38.8 Å². The third kappa shape index (κ3) is 2.84. The van der Waals surface area contributed by atoms with Crippen LogP contribution in [0, 0.1) is 0 Å². The maximum Gasteiger partial charge on any atom is 0.410 e. The van der Waals surface area contributed by atoms with Crippen LogP contribution in [0.15, 0.2) is 0 Å². The van der Waals surface area contributed by atoms with Gasteiger partial charge in [-0.25, -0.2) is 4.79 Å². The van der Waals surface area contributed by atoms with Gasteiger partial charge in [-0.1, -0.05) is 0 Å². The Hall–Kier alpha value is -1.26. The van der Waals surface area contributed by atoms with Gasteiger partial charge in [0.25, 0.3) is 0 Å². The summed E-state index contributed by atoms with van der Waals surface area (Å²) in [6.07, 6.45) is 0.293. The first-order valence-electron chi connectivity index (χ1n) is 5.06. The number of amides is 2. The number of carbonyl (C=O) groups is 2. The molecule has 0 radical (unpaired) electrons. The Labute approximate surface area is 89.8 Å². The molecule has 0 spiro atoms. The minimum Gasteiger partial charge on any atom is -0.444 e. The summed E-state index contributed by atoms with van der Waals surface area (Å²) in [4.78, 5) is 24.4. The van der Waals surface area contributed by atoms with Crippen molar-refractivity contribution in [1.29, 1.82) is 0 Å². The zero-order valence-corrected chi connectivity index (χ0v) is 9.66.